The highest BCUT2D eigenvalue weighted by Gasteiger charge is 2.21. The quantitative estimate of drug-likeness (QED) is 0.370. The van der Waals surface area contributed by atoms with E-state index in [1.165, 1.54) is 6.92 Å². The fourth-order valence-electron chi connectivity index (χ4n) is 1.51. The Kier molecular flexibility index (Phi) is 5.79. The van der Waals surface area contributed by atoms with E-state index >= 15 is 0 Å². The molecule has 0 bridgehead atoms. The van der Waals surface area contributed by atoms with Crippen molar-refractivity contribution in [2.24, 2.45) is 0 Å². The summed E-state index contributed by atoms with van der Waals surface area (Å²) in [5.41, 5.74) is 0.390. The Hall–Kier alpha value is -2.10. The molecule has 0 aliphatic rings. The van der Waals surface area contributed by atoms with Crippen molar-refractivity contribution in [3.63, 3.8) is 0 Å². The predicted molar refractivity (Wildman–Crippen MR) is 72.5 cm³/mol. The summed E-state index contributed by atoms with van der Waals surface area (Å²) in [6.45, 7) is 3.46. The fraction of sp³-hybridized carbons (Fsp3) is 0.333. The first-order valence-corrected chi connectivity index (χ1v) is 6.24. The van der Waals surface area contributed by atoms with Crippen LogP contribution in [0, 0.1) is 0 Å². The Morgan fingerprint density at radius 1 is 1.21 bits per heavy atom. The van der Waals surface area contributed by atoms with Crippen molar-refractivity contribution < 1.29 is 19.4 Å². The predicted octanol–water partition coefficient (Wildman–Crippen LogP) is 2.89. The van der Waals surface area contributed by atoms with Crippen molar-refractivity contribution in [3.05, 3.63) is 41.7 Å². The van der Waals surface area contributed by atoms with Gasteiger partial charge in [-0.25, -0.2) is 4.79 Å². The number of rotatable bonds is 6. The Labute approximate surface area is 112 Å². The summed E-state index contributed by atoms with van der Waals surface area (Å²) in [6, 6.07) is 8.53. The number of aliphatic hydroxyl groups is 1. The first kappa shape index (κ1) is 15.0. The molecule has 19 heavy (non-hydrogen) atoms. The van der Waals surface area contributed by atoms with Crippen LogP contribution in [0.3, 0.4) is 0 Å². The number of ketones is 1. The molecule has 0 fully saturated rings. The Bertz CT molecular complexity index is 474. The summed E-state index contributed by atoms with van der Waals surface area (Å²) in [6.07, 6.45) is 1.64. The largest absolute Gasteiger partial charge is 0.504 e. The van der Waals surface area contributed by atoms with Crippen LogP contribution >= 0.6 is 0 Å². The van der Waals surface area contributed by atoms with Crippen LogP contribution < -0.4 is 0 Å². The van der Waals surface area contributed by atoms with Gasteiger partial charge in [0.25, 0.3) is 0 Å². The van der Waals surface area contributed by atoms with E-state index in [1.54, 1.807) is 30.3 Å². The lowest BCUT2D eigenvalue weighted by atomic mass is 10.0. The van der Waals surface area contributed by atoms with E-state index in [-0.39, 0.29) is 12.2 Å². The van der Waals surface area contributed by atoms with Crippen LogP contribution in [0.4, 0.5) is 0 Å². The van der Waals surface area contributed by atoms with Gasteiger partial charge in [0.2, 0.25) is 0 Å². The van der Waals surface area contributed by atoms with E-state index in [2.05, 4.69) is 0 Å². The van der Waals surface area contributed by atoms with Crippen LogP contribution in [-0.2, 0) is 14.3 Å². The molecule has 0 aliphatic heterocycles. The number of carbonyl (C=O) groups excluding carboxylic acids is 2. The Morgan fingerprint density at radius 3 is 2.37 bits per heavy atom. The number of carbonyl (C=O) groups is 2. The van der Waals surface area contributed by atoms with Crippen LogP contribution in [0.15, 0.2) is 36.1 Å². The summed E-state index contributed by atoms with van der Waals surface area (Å²) in [7, 11) is 0. The molecule has 1 N–H and O–H groups in total. The fourth-order valence-corrected chi connectivity index (χ4v) is 1.51. The van der Waals surface area contributed by atoms with Gasteiger partial charge in [0.15, 0.2) is 11.5 Å². The van der Waals surface area contributed by atoms with E-state index in [0.29, 0.717) is 5.56 Å². The summed E-state index contributed by atoms with van der Waals surface area (Å²) >= 11 is 0. The van der Waals surface area contributed by atoms with Gasteiger partial charge in [0.1, 0.15) is 5.57 Å². The highest BCUT2D eigenvalue weighted by atomic mass is 16.5. The van der Waals surface area contributed by atoms with E-state index < -0.39 is 17.5 Å². The topological polar surface area (TPSA) is 63.6 Å². The van der Waals surface area contributed by atoms with E-state index in [4.69, 9.17) is 4.74 Å². The lowest BCUT2D eigenvalue weighted by Crippen LogP contribution is -2.13. The highest BCUT2D eigenvalue weighted by molar-refractivity contribution is 6.22. The maximum Gasteiger partial charge on any atom is 0.342 e. The molecule has 4 nitrogen and oxygen atoms in total. The van der Waals surface area contributed by atoms with Crippen LogP contribution in [-0.4, -0.2) is 23.5 Å². The van der Waals surface area contributed by atoms with E-state index in [0.717, 1.165) is 12.8 Å². The number of esters is 1. The number of hydrogen-bond acceptors (Lipinski definition) is 4. The lowest BCUT2D eigenvalue weighted by Gasteiger charge is -2.09. The zero-order valence-corrected chi connectivity index (χ0v) is 11.2. The third kappa shape index (κ3) is 4.25. The zero-order chi connectivity index (χ0) is 14.3. The van der Waals surface area contributed by atoms with Gasteiger partial charge in [0, 0.05) is 6.92 Å². The van der Waals surface area contributed by atoms with Crippen molar-refractivity contribution >= 4 is 17.3 Å². The maximum atomic E-state index is 12.0. The molecular formula is C15H18O4. The number of unbranched alkanes of at least 4 members (excludes halogenated alkanes) is 1. The molecule has 1 aromatic rings. The van der Waals surface area contributed by atoms with Gasteiger partial charge in [-0.05, 0) is 12.0 Å². The molecule has 0 spiro atoms. The number of aliphatic hydroxyl groups excluding tert-OH is 1. The second-order valence-corrected chi connectivity index (χ2v) is 4.14. The zero-order valence-electron chi connectivity index (χ0n) is 11.2. The van der Waals surface area contributed by atoms with Crippen molar-refractivity contribution in [1.29, 1.82) is 0 Å². The minimum absolute atomic E-state index is 0.0794. The second-order valence-electron chi connectivity index (χ2n) is 4.14. The van der Waals surface area contributed by atoms with Gasteiger partial charge in [-0.15, -0.1) is 0 Å². The molecule has 1 aromatic carbocycles. The summed E-state index contributed by atoms with van der Waals surface area (Å²) in [5.74, 6) is -1.80. The number of ether oxygens (including phenoxy) is 1. The molecule has 0 aromatic heterocycles. The number of Topliss-reactive ketones (excluding diaryl/α,β-unsaturated/α-hetero) is 1. The minimum Gasteiger partial charge on any atom is -0.504 e. The monoisotopic (exact) mass is 262 g/mol. The molecule has 0 amide bonds. The normalized spacial score (nSPS) is 11.7. The van der Waals surface area contributed by atoms with Crippen molar-refractivity contribution in [2.45, 2.75) is 26.7 Å². The average Bonchev–Trinajstić information content (AvgIpc) is 2.40. The molecule has 0 radical (unpaired) electrons. The van der Waals surface area contributed by atoms with Gasteiger partial charge in [-0.2, -0.15) is 0 Å². The first-order chi connectivity index (χ1) is 9.07. The minimum atomic E-state index is -0.674. The second kappa shape index (κ2) is 7.36. The highest BCUT2D eigenvalue weighted by Crippen LogP contribution is 2.20. The van der Waals surface area contributed by atoms with Crippen LogP contribution in [0.5, 0.6) is 0 Å². The Balaban J connectivity index is 3.05. The van der Waals surface area contributed by atoms with Gasteiger partial charge in [-0.3, -0.25) is 4.79 Å². The van der Waals surface area contributed by atoms with Crippen LogP contribution in [0.2, 0.25) is 0 Å². The SMILES string of the molecule is CCCCOC(=O)/C(=C(\O)C(C)=O)c1ccccc1. The molecule has 102 valence electrons. The standard InChI is InChI=1S/C15H18O4/c1-3-4-10-19-15(18)13(14(17)11(2)16)12-8-6-5-7-9-12/h5-9,17H,3-4,10H2,1-2H3/b14-13-. The smallest absolute Gasteiger partial charge is 0.342 e. The van der Waals surface area contributed by atoms with Crippen molar-refractivity contribution in [3.8, 4) is 0 Å². The third-order valence-electron chi connectivity index (χ3n) is 2.57. The molecule has 0 saturated carbocycles. The van der Waals surface area contributed by atoms with Gasteiger partial charge < -0.3 is 9.84 Å². The summed E-state index contributed by atoms with van der Waals surface area (Å²) in [4.78, 5) is 23.2. The third-order valence-corrected chi connectivity index (χ3v) is 2.57. The molecule has 0 saturated heterocycles. The number of allylic oxidation sites excluding steroid dienone is 1. The Morgan fingerprint density at radius 2 is 1.84 bits per heavy atom. The van der Waals surface area contributed by atoms with Gasteiger partial charge in [-0.1, -0.05) is 43.7 Å². The molecule has 1 rings (SSSR count). The molecule has 0 aliphatic carbocycles. The molecule has 4 heteroatoms. The maximum absolute atomic E-state index is 12.0. The molecule has 0 heterocycles. The van der Waals surface area contributed by atoms with Gasteiger partial charge in [0.05, 0.1) is 6.61 Å². The van der Waals surface area contributed by atoms with E-state index in [1.807, 2.05) is 6.92 Å². The lowest BCUT2D eigenvalue weighted by molar-refractivity contribution is -0.137. The molecular weight excluding hydrogens is 244 g/mol. The van der Waals surface area contributed by atoms with Crippen molar-refractivity contribution in [2.75, 3.05) is 6.61 Å². The molecule has 0 unspecified atom stereocenters. The molecule has 0 atom stereocenters. The van der Waals surface area contributed by atoms with Crippen LogP contribution in [0.1, 0.15) is 32.3 Å². The number of hydrogen-bond donors (Lipinski definition) is 1. The summed E-state index contributed by atoms with van der Waals surface area (Å²) in [5, 5.41) is 9.80. The average molecular weight is 262 g/mol. The van der Waals surface area contributed by atoms with E-state index in [9.17, 15) is 14.7 Å². The van der Waals surface area contributed by atoms with Crippen LogP contribution in [0.25, 0.3) is 5.57 Å². The number of benzene rings is 1. The van der Waals surface area contributed by atoms with Crippen molar-refractivity contribution in [1.82, 2.24) is 0 Å². The summed E-state index contributed by atoms with van der Waals surface area (Å²) < 4.78 is 5.06. The van der Waals surface area contributed by atoms with Gasteiger partial charge >= 0.3 is 5.97 Å². The first-order valence-electron chi connectivity index (χ1n) is 6.24.